The van der Waals surface area contributed by atoms with Crippen molar-refractivity contribution < 1.29 is 33.2 Å². The zero-order valence-electron chi connectivity index (χ0n) is 18.8. The molecule has 0 rings (SSSR count). The first-order valence-corrected chi connectivity index (χ1v) is 12.5. The molecule has 0 aromatic rings. The van der Waals surface area contributed by atoms with E-state index in [9.17, 15) is 4.79 Å². The average molecular weight is 441 g/mol. The Morgan fingerprint density at radius 3 is 1.21 bits per heavy atom. The summed E-state index contributed by atoms with van der Waals surface area (Å²) < 4.78 is 35.9. The SMILES string of the molecule is CCOC([SiH3])C(OCC)(OCC)N(C(N)=O)C(OCC)(OCC)C([SiH3])OCC. The third-order valence-corrected chi connectivity index (χ3v) is 6.23. The summed E-state index contributed by atoms with van der Waals surface area (Å²) in [6.45, 7) is 12.9. The number of nitrogens with two attached hydrogens (primary N) is 1. The van der Waals surface area contributed by atoms with Gasteiger partial charge in [-0.05, 0) is 41.5 Å². The molecule has 0 aromatic heterocycles. The van der Waals surface area contributed by atoms with E-state index in [0.29, 0.717) is 33.7 Å². The van der Waals surface area contributed by atoms with Crippen LogP contribution in [-0.2, 0) is 28.4 Å². The normalized spacial score (nSPS) is 14.9. The molecule has 0 spiro atoms. The van der Waals surface area contributed by atoms with Crippen molar-refractivity contribution in [2.75, 3.05) is 39.6 Å². The Kier molecular flexibility index (Phi) is 13.4. The number of rotatable bonds is 16. The Hall–Kier alpha value is -0.536. The topological polar surface area (TPSA) is 102 Å². The zero-order chi connectivity index (χ0) is 21.8. The summed E-state index contributed by atoms with van der Waals surface area (Å²) in [6, 6.07) is -0.801. The lowest BCUT2D eigenvalue weighted by Gasteiger charge is -2.53. The number of ether oxygens (including phenoxy) is 6. The van der Waals surface area contributed by atoms with Gasteiger partial charge in [-0.3, -0.25) is 0 Å². The first-order chi connectivity index (χ1) is 13.3. The lowest BCUT2D eigenvalue weighted by atomic mass is 10.3. The molecule has 0 bridgehead atoms. The molecule has 2 N–H and O–H groups in total. The molecule has 0 radical (unpaired) electrons. The monoisotopic (exact) mass is 440 g/mol. The van der Waals surface area contributed by atoms with Crippen molar-refractivity contribution in [2.24, 2.45) is 5.73 Å². The van der Waals surface area contributed by atoms with E-state index in [0.717, 1.165) is 0 Å². The number of hydrogen-bond acceptors (Lipinski definition) is 7. The Balaban J connectivity index is 6.76. The van der Waals surface area contributed by atoms with E-state index in [1.807, 2.05) is 41.5 Å². The van der Waals surface area contributed by atoms with E-state index in [-0.39, 0.29) is 26.4 Å². The maximum atomic E-state index is 12.9. The molecule has 2 unspecified atom stereocenters. The van der Waals surface area contributed by atoms with Crippen LogP contribution in [0.1, 0.15) is 41.5 Å². The van der Waals surface area contributed by atoms with Crippen LogP contribution in [0.5, 0.6) is 0 Å². The summed E-state index contributed by atoms with van der Waals surface area (Å²) >= 11 is 0. The van der Waals surface area contributed by atoms with E-state index in [2.05, 4.69) is 0 Å². The van der Waals surface area contributed by atoms with Crippen LogP contribution < -0.4 is 5.73 Å². The minimum absolute atomic E-state index is 0.268. The number of carbonyl (C=O) groups excluding carboxylic acids is 1. The van der Waals surface area contributed by atoms with Gasteiger partial charge in [0.25, 0.3) is 11.8 Å². The highest BCUT2D eigenvalue weighted by molar-refractivity contribution is 6.12. The van der Waals surface area contributed by atoms with Gasteiger partial charge in [0.2, 0.25) is 0 Å². The predicted octanol–water partition coefficient (Wildman–Crippen LogP) is -0.723. The summed E-state index contributed by atoms with van der Waals surface area (Å²) in [5, 5.41) is 0. The van der Waals surface area contributed by atoms with Crippen LogP contribution in [0.15, 0.2) is 0 Å². The van der Waals surface area contributed by atoms with Crippen LogP contribution in [0.4, 0.5) is 4.79 Å². The molecule has 28 heavy (non-hydrogen) atoms. The number of hydrogen-bond donors (Lipinski definition) is 1. The largest absolute Gasteiger partial charge is 0.375 e. The lowest BCUT2D eigenvalue weighted by molar-refractivity contribution is -0.429. The molecule has 2 amide bonds. The summed E-state index contributed by atoms with van der Waals surface area (Å²) in [4.78, 5) is 14.1. The van der Waals surface area contributed by atoms with Crippen LogP contribution in [0.3, 0.4) is 0 Å². The van der Waals surface area contributed by atoms with Gasteiger partial charge in [-0.2, -0.15) is 0 Å². The second-order valence-corrected chi connectivity index (χ2v) is 7.96. The highest BCUT2D eigenvalue weighted by Crippen LogP contribution is 2.36. The minimum atomic E-state index is -1.60. The molecule has 0 saturated carbocycles. The Morgan fingerprint density at radius 1 is 0.750 bits per heavy atom. The molecular weight excluding hydrogens is 400 g/mol. The van der Waals surface area contributed by atoms with Crippen molar-refractivity contribution in [1.29, 1.82) is 0 Å². The fourth-order valence-electron chi connectivity index (χ4n) is 3.24. The molecule has 11 heteroatoms. The van der Waals surface area contributed by atoms with Crippen molar-refractivity contribution in [3.63, 3.8) is 0 Å². The van der Waals surface area contributed by atoms with Gasteiger partial charge >= 0.3 is 6.03 Å². The molecule has 2 atom stereocenters. The molecular formula is C17H40N2O7Si2. The fourth-order valence-corrected chi connectivity index (χ4v) is 5.09. The maximum Gasteiger partial charge on any atom is 0.323 e. The zero-order valence-corrected chi connectivity index (χ0v) is 22.8. The number of urea groups is 1. The lowest BCUT2D eigenvalue weighted by Crippen LogP contribution is -2.76. The van der Waals surface area contributed by atoms with Gasteiger partial charge in [0.05, 0.1) is 0 Å². The standard InChI is InChI=1S/C17H40N2O7Si2/c1-7-21-13(27)16(23-9-3,24-10-4)19(15(18)20)17(25-11-5,26-12-6)14(28)22-8-2/h13-14H,7-12H2,1-6,27-28H3,(H2,18,20). The number of nitrogens with zero attached hydrogens (tertiary/aromatic N) is 1. The van der Waals surface area contributed by atoms with Gasteiger partial charge in [0, 0.05) is 60.1 Å². The summed E-state index contributed by atoms with van der Waals surface area (Å²) in [6.07, 6.45) is 0. The fraction of sp³-hybridized carbons (Fsp3) is 0.941. The number of primary amides is 1. The van der Waals surface area contributed by atoms with Crippen LogP contribution >= 0.6 is 0 Å². The van der Waals surface area contributed by atoms with Gasteiger partial charge < -0.3 is 34.2 Å². The molecule has 0 aliphatic heterocycles. The Labute approximate surface area is 175 Å². The molecule has 0 aromatic carbocycles. The van der Waals surface area contributed by atoms with E-state index in [4.69, 9.17) is 34.2 Å². The first kappa shape index (κ1) is 27.5. The van der Waals surface area contributed by atoms with Crippen LogP contribution in [-0.4, -0.2) is 94.3 Å². The second-order valence-electron chi connectivity index (χ2n) is 5.86. The predicted molar refractivity (Wildman–Crippen MR) is 114 cm³/mol. The Morgan fingerprint density at radius 2 is 1.04 bits per heavy atom. The van der Waals surface area contributed by atoms with Gasteiger partial charge in [-0.15, -0.1) is 0 Å². The minimum Gasteiger partial charge on any atom is -0.375 e. The molecule has 0 aliphatic rings. The third kappa shape index (κ3) is 6.23. The quantitative estimate of drug-likeness (QED) is 0.250. The van der Waals surface area contributed by atoms with E-state index in [1.54, 1.807) is 0 Å². The van der Waals surface area contributed by atoms with Gasteiger partial charge in [-0.25, -0.2) is 9.69 Å². The van der Waals surface area contributed by atoms with Crippen molar-refractivity contribution in [3.8, 4) is 0 Å². The van der Waals surface area contributed by atoms with E-state index < -0.39 is 29.3 Å². The first-order valence-electron chi connectivity index (χ1n) is 10.2. The molecule has 168 valence electrons. The molecule has 0 aliphatic carbocycles. The van der Waals surface area contributed by atoms with Gasteiger partial charge in [-0.1, -0.05) is 0 Å². The van der Waals surface area contributed by atoms with Crippen LogP contribution in [0, 0.1) is 0 Å². The van der Waals surface area contributed by atoms with Crippen molar-refractivity contribution >= 4 is 26.5 Å². The van der Waals surface area contributed by atoms with Crippen LogP contribution in [0.25, 0.3) is 0 Å². The molecule has 9 nitrogen and oxygen atoms in total. The molecule has 0 heterocycles. The highest BCUT2D eigenvalue weighted by atomic mass is 28.1. The van der Waals surface area contributed by atoms with Crippen molar-refractivity contribution in [3.05, 3.63) is 0 Å². The van der Waals surface area contributed by atoms with Crippen LogP contribution in [0.2, 0.25) is 0 Å². The smallest absolute Gasteiger partial charge is 0.323 e. The van der Waals surface area contributed by atoms with Crippen molar-refractivity contribution in [2.45, 2.75) is 64.8 Å². The van der Waals surface area contributed by atoms with E-state index >= 15 is 0 Å². The maximum absolute atomic E-state index is 12.9. The average Bonchev–Trinajstić information content (AvgIpc) is 2.62. The second kappa shape index (κ2) is 13.6. The highest BCUT2D eigenvalue weighted by Gasteiger charge is 2.60. The third-order valence-electron chi connectivity index (χ3n) is 4.11. The van der Waals surface area contributed by atoms with Crippen molar-refractivity contribution in [1.82, 2.24) is 4.90 Å². The Bertz CT molecular complexity index is 402. The summed E-state index contributed by atoms with van der Waals surface area (Å²) in [5.41, 5.74) is 4.80. The molecule has 0 saturated heterocycles. The van der Waals surface area contributed by atoms with E-state index in [1.165, 1.54) is 4.90 Å². The summed E-state index contributed by atoms with van der Waals surface area (Å²) in [7, 11) is 1.01. The number of amides is 2. The van der Waals surface area contributed by atoms with Gasteiger partial charge in [0.1, 0.15) is 11.5 Å². The van der Waals surface area contributed by atoms with Gasteiger partial charge in [0.15, 0.2) is 0 Å². The number of carbonyl (C=O) groups is 1. The summed E-state index contributed by atoms with van der Waals surface area (Å²) in [5.74, 6) is -3.19. The molecule has 0 fully saturated rings.